The molecule has 0 aliphatic carbocycles. The van der Waals surface area contributed by atoms with E-state index in [-0.39, 0.29) is 6.03 Å². The van der Waals surface area contributed by atoms with Gasteiger partial charge in [-0.2, -0.15) is 4.98 Å². The Morgan fingerprint density at radius 3 is 2.68 bits per heavy atom. The lowest BCUT2D eigenvalue weighted by Gasteiger charge is -2.27. The number of hydrogen-bond acceptors (Lipinski definition) is 5. The maximum absolute atomic E-state index is 12.5. The van der Waals surface area contributed by atoms with E-state index >= 15 is 0 Å². The van der Waals surface area contributed by atoms with Crippen molar-refractivity contribution in [3.63, 3.8) is 0 Å². The summed E-state index contributed by atoms with van der Waals surface area (Å²) in [5, 5.41) is 6.79. The Morgan fingerprint density at radius 1 is 1.11 bits per heavy atom. The molecule has 2 amide bonds. The second-order valence-electron chi connectivity index (χ2n) is 7.01. The van der Waals surface area contributed by atoms with E-state index in [0.29, 0.717) is 25.0 Å². The topological polar surface area (TPSA) is 95.2 Å². The summed E-state index contributed by atoms with van der Waals surface area (Å²) in [6.45, 7) is 8.78. The van der Waals surface area contributed by atoms with Gasteiger partial charge in [-0.05, 0) is 44.5 Å². The smallest absolute Gasteiger partial charge is 0.324 e. The minimum atomic E-state index is -0.338. The van der Waals surface area contributed by atoms with Crippen LogP contribution in [-0.4, -0.2) is 47.3 Å². The molecule has 1 fully saturated rings. The van der Waals surface area contributed by atoms with Gasteiger partial charge in [-0.1, -0.05) is 0 Å². The highest BCUT2D eigenvalue weighted by atomic mass is 16.5. The molecule has 1 aliphatic heterocycles. The molecule has 0 bridgehead atoms. The van der Waals surface area contributed by atoms with Crippen LogP contribution in [0, 0.1) is 20.8 Å². The van der Waals surface area contributed by atoms with Gasteiger partial charge in [-0.15, -0.1) is 0 Å². The van der Waals surface area contributed by atoms with Gasteiger partial charge >= 0.3 is 6.03 Å². The first-order valence-corrected chi connectivity index (χ1v) is 9.35. The second-order valence-corrected chi connectivity index (χ2v) is 7.01. The summed E-state index contributed by atoms with van der Waals surface area (Å²) in [6, 6.07) is 7.23. The first-order chi connectivity index (χ1) is 13.5. The van der Waals surface area contributed by atoms with Crippen molar-refractivity contribution < 1.29 is 9.53 Å². The number of amides is 2. The number of rotatable bonds is 3. The zero-order chi connectivity index (χ0) is 19.7. The highest BCUT2D eigenvalue weighted by Gasteiger charge is 2.16. The van der Waals surface area contributed by atoms with Gasteiger partial charge in [0.2, 0.25) is 5.95 Å². The lowest BCUT2D eigenvalue weighted by atomic mass is 10.1. The van der Waals surface area contributed by atoms with Gasteiger partial charge in [-0.3, -0.25) is 5.32 Å². The molecule has 0 saturated carbocycles. The Kier molecular flexibility index (Phi) is 4.87. The van der Waals surface area contributed by atoms with Crippen molar-refractivity contribution in [1.29, 1.82) is 0 Å². The molecular weight excluding hydrogens is 356 g/mol. The summed E-state index contributed by atoms with van der Waals surface area (Å²) in [6.07, 6.45) is 0. The third-order valence-electron chi connectivity index (χ3n) is 4.94. The summed E-state index contributed by atoms with van der Waals surface area (Å²) < 4.78 is 5.37. The molecule has 8 heteroatoms. The van der Waals surface area contributed by atoms with Gasteiger partial charge < -0.3 is 19.9 Å². The van der Waals surface area contributed by atoms with E-state index in [1.807, 2.05) is 32.0 Å². The first kappa shape index (κ1) is 18.2. The fourth-order valence-electron chi connectivity index (χ4n) is 3.34. The summed E-state index contributed by atoms with van der Waals surface area (Å²) in [7, 11) is 0. The van der Waals surface area contributed by atoms with Gasteiger partial charge in [0.25, 0.3) is 0 Å². The van der Waals surface area contributed by atoms with Gasteiger partial charge in [0, 0.05) is 47.1 Å². The molecule has 0 radical (unpaired) electrons. The number of aromatic amines is 1. The zero-order valence-corrected chi connectivity index (χ0v) is 16.3. The molecule has 0 spiro atoms. The zero-order valence-electron chi connectivity index (χ0n) is 16.3. The molecule has 2 aromatic heterocycles. The molecule has 28 heavy (non-hydrogen) atoms. The number of aromatic nitrogens is 3. The van der Waals surface area contributed by atoms with E-state index < -0.39 is 0 Å². The molecule has 1 aliphatic rings. The minimum Gasteiger partial charge on any atom is -0.378 e. The summed E-state index contributed by atoms with van der Waals surface area (Å²) in [5.74, 6) is 1.08. The monoisotopic (exact) mass is 380 g/mol. The van der Waals surface area contributed by atoms with Crippen molar-refractivity contribution in [2.45, 2.75) is 20.8 Å². The van der Waals surface area contributed by atoms with Crippen LogP contribution in [-0.2, 0) is 4.74 Å². The molecule has 146 valence electrons. The number of fused-ring (bicyclic) bond motifs is 1. The number of carbonyl (C=O) groups is 1. The Hall–Kier alpha value is -3.13. The predicted molar refractivity (Wildman–Crippen MR) is 110 cm³/mol. The Labute approximate surface area is 163 Å². The lowest BCUT2D eigenvalue weighted by molar-refractivity contribution is 0.122. The Balaban J connectivity index is 1.49. The molecule has 0 atom stereocenters. The Bertz CT molecular complexity index is 1020. The normalized spacial score (nSPS) is 14.3. The number of morpholine rings is 1. The standard InChI is InChI=1S/C20H24N6O2/c1-12-10-18(24-19(21-12)26-6-8-28-9-7-26)25-20(27)23-15-4-5-17-16(11-15)13(2)14(3)22-17/h4-5,10-11,22H,6-9H2,1-3H3,(H2,21,23,24,25,27). The molecule has 8 nitrogen and oxygen atoms in total. The van der Waals surface area contributed by atoms with Gasteiger partial charge in [-0.25, -0.2) is 9.78 Å². The third kappa shape index (κ3) is 3.77. The number of benzene rings is 1. The highest BCUT2D eigenvalue weighted by Crippen LogP contribution is 2.24. The summed E-state index contributed by atoms with van der Waals surface area (Å²) in [4.78, 5) is 26.8. The number of H-pyrrole nitrogens is 1. The van der Waals surface area contributed by atoms with Crippen molar-refractivity contribution >= 4 is 34.4 Å². The number of aryl methyl sites for hydroxylation is 3. The van der Waals surface area contributed by atoms with Gasteiger partial charge in [0.05, 0.1) is 13.2 Å². The first-order valence-electron chi connectivity index (χ1n) is 9.35. The molecule has 3 heterocycles. The fourth-order valence-corrected chi connectivity index (χ4v) is 3.34. The van der Waals surface area contributed by atoms with Crippen molar-refractivity contribution in [3.8, 4) is 0 Å². The predicted octanol–water partition coefficient (Wildman–Crippen LogP) is 3.36. The van der Waals surface area contributed by atoms with Crippen LogP contribution >= 0.6 is 0 Å². The van der Waals surface area contributed by atoms with Crippen molar-refractivity contribution in [3.05, 3.63) is 41.2 Å². The number of ether oxygens (including phenoxy) is 1. The molecular formula is C20H24N6O2. The number of nitrogens with one attached hydrogen (secondary N) is 3. The SMILES string of the molecule is Cc1cc(NC(=O)Nc2ccc3[nH]c(C)c(C)c3c2)nc(N2CCOCC2)n1. The number of hydrogen-bond donors (Lipinski definition) is 3. The summed E-state index contributed by atoms with van der Waals surface area (Å²) in [5.41, 5.74) is 4.89. The van der Waals surface area contributed by atoms with Crippen LogP contribution in [0.1, 0.15) is 17.0 Å². The van der Waals surface area contributed by atoms with Gasteiger partial charge in [0.1, 0.15) is 5.82 Å². The average molecular weight is 380 g/mol. The molecule has 3 aromatic rings. The van der Waals surface area contributed by atoms with Crippen molar-refractivity contribution in [2.24, 2.45) is 0 Å². The second kappa shape index (κ2) is 7.47. The van der Waals surface area contributed by atoms with Crippen LogP contribution in [0.4, 0.5) is 22.2 Å². The van der Waals surface area contributed by atoms with E-state index in [1.54, 1.807) is 6.07 Å². The van der Waals surface area contributed by atoms with Gasteiger partial charge in [0.15, 0.2) is 0 Å². The molecule has 4 rings (SSSR count). The largest absolute Gasteiger partial charge is 0.378 e. The number of anilines is 3. The van der Waals surface area contributed by atoms with Crippen LogP contribution in [0.2, 0.25) is 0 Å². The van der Waals surface area contributed by atoms with Crippen molar-refractivity contribution in [2.75, 3.05) is 41.8 Å². The van der Waals surface area contributed by atoms with Crippen LogP contribution in [0.3, 0.4) is 0 Å². The van der Waals surface area contributed by atoms with E-state index in [1.165, 1.54) is 5.56 Å². The lowest BCUT2D eigenvalue weighted by Crippen LogP contribution is -2.37. The van der Waals surface area contributed by atoms with Crippen LogP contribution in [0.5, 0.6) is 0 Å². The number of nitrogens with zero attached hydrogens (tertiary/aromatic N) is 3. The average Bonchev–Trinajstić information content (AvgIpc) is 2.96. The minimum absolute atomic E-state index is 0.338. The quantitative estimate of drug-likeness (QED) is 0.648. The third-order valence-corrected chi connectivity index (χ3v) is 4.94. The maximum atomic E-state index is 12.5. The fraction of sp³-hybridized carbons (Fsp3) is 0.350. The maximum Gasteiger partial charge on any atom is 0.324 e. The number of urea groups is 1. The molecule has 0 unspecified atom stereocenters. The number of carbonyl (C=O) groups excluding carboxylic acids is 1. The van der Waals surface area contributed by atoms with Crippen molar-refractivity contribution in [1.82, 2.24) is 15.0 Å². The van der Waals surface area contributed by atoms with Crippen LogP contribution in [0.15, 0.2) is 24.3 Å². The van der Waals surface area contributed by atoms with E-state index in [0.717, 1.165) is 41.1 Å². The molecule has 1 aromatic carbocycles. The van der Waals surface area contributed by atoms with E-state index in [2.05, 4.69) is 37.4 Å². The highest BCUT2D eigenvalue weighted by molar-refractivity contribution is 6.01. The van der Waals surface area contributed by atoms with Crippen LogP contribution < -0.4 is 15.5 Å². The summed E-state index contributed by atoms with van der Waals surface area (Å²) >= 11 is 0. The molecule has 3 N–H and O–H groups in total. The Morgan fingerprint density at radius 2 is 1.89 bits per heavy atom. The van der Waals surface area contributed by atoms with E-state index in [4.69, 9.17) is 4.74 Å². The van der Waals surface area contributed by atoms with Crippen LogP contribution in [0.25, 0.3) is 10.9 Å². The van der Waals surface area contributed by atoms with E-state index in [9.17, 15) is 4.79 Å². The molecule has 1 saturated heterocycles.